The van der Waals surface area contributed by atoms with Crippen molar-refractivity contribution in [2.24, 2.45) is 11.8 Å². The third kappa shape index (κ3) is 2.92. The highest BCUT2D eigenvalue weighted by atomic mass is 79.9. The van der Waals surface area contributed by atoms with Crippen molar-refractivity contribution in [1.29, 1.82) is 0 Å². The summed E-state index contributed by atoms with van der Waals surface area (Å²) in [6.45, 7) is 2.64. The van der Waals surface area contributed by atoms with E-state index in [0.29, 0.717) is 23.7 Å². The summed E-state index contributed by atoms with van der Waals surface area (Å²) in [6, 6.07) is 5.04. The number of carboxylic acids is 1. The summed E-state index contributed by atoms with van der Waals surface area (Å²) >= 11 is 9.22. The van der Waals surface area contributed by atoms with Gasteiger partial charge < -0.3 is 10.0 Å². The molecular formula is C13H13BrClNO3. The molecule has 1 amide bonds. The first-order valence-electron chi connectivity index (χ1n) is 5.87. The second-order valence-corrected chi connectivity index (χ2v) is 5.99. The number of carboxylic acid groups (broad SMARTS) is 1. The van der Waals surface area contributed by atoms with Gasteiger partial charge in [0.05, 0.1) is 10.9 Å². The Morgan fingerprint density at radius 2 is 2.11 bits per heavy atom. The van der Waals surface area contributed by atoms with Crippen LogP contribution in [0, 0.1) is 11.8 Å². The van der Waals surface area contributed by atoms with Crippen molar-refractivity contribution in [1.82, 2.24) is 4.90 Å². The van der Waals surface area contributed by atoms with Crippen molar-refractivity contribution < 1.29 is 14.7 Å². The van der Waals surface area contributed by atoms with Crippen LogP contribution in [-0.4, -0.2) is 35.0 Å². The molecule has 0 spiro atoms. The standard InChI is InChI=1S/C13H13BrClNO3/c1-7(13(18)19)9-5-16(6-9)12(17)8-2-3-10(14)11(15)4-8/h2-4,7,9H,5-6H2,1H3,(H,18,19). The van der Waals surface area contributed by atoms with Gasteiger partial charge in [0.15, 0.2) is 0 Å². The van der Waals surface area contributed by atoms with E-state index in [-0.39, 0.29) is 11.8 Å². The van der Waals surface area contributed by atoms with Crippen LogP contribution in [0.2, 0.25) is 5.02 Å². The van der Waals surface area contributed by atoms with Gasteiger partial charge in [0.25, 0.3) is 5.91 Å². The topological polar surface area (TPSA) is 57.6 Å². The number of rotatable bonds is 3. The lowest BCUT2D eigenvalue weighted by Gasteiger charge is -2.41. The largest absolute Gasteiger partial charge is 0.481 e. The van der Waals surface area contributed by atoms with Crippen molar-refractivity contribution >= 4 is 39.4 Å². The van der Waals surface area contributed by atoms with E-state index in [1.807, 2.05) is 0 Å². The van der Waals surface area contributed by atoms with Gasteiger partial charge in [-0.25, -0.2) is 0 Å². The van der Waals surface area contributed by atoms with E-state index in [1.165, 1.54) is 0 Å². The van der Waals surface area contributed by atoms with Crippen LogP contribution in [0.25, 0.3) is 0 Å². The first-order chi connectivity index (χ1) is 8.90. The summed E-state index contributed by atoms with van der Waals surface area (Å²) < 4.78 is 0.742. The Labute approximate surface area is 124 Å². The molecule has 1 aromatic carbocycles. The molecule has 1 aromatic rings. The second kappa shape index (κ2) is 5.51. The Balaban J connectivity index is 2.00. The van der Waals surface area contributed by atoms with Crippen molar-refractivity contribution in [3.05, 3.63) is 33.3 Å². The summed E-state index contributed by atoms with van der Waals surface area (Å²) in [4.78, 5) is 24.6. The van der Waals surface area contributed by atoms with Crippen LogP contribution in [0.15, 0.2) is 22.7 Å². The zero-order chi connectivity index (χ0) is 14.2. The Hall–Kier alpha value is -1.07. The molecule has 1 fully saturated rings. The molecule has 1 heterocycles. The van der Waals surface area contributed by atoms with Gasteiger partial charge in [0.2, 0.25) is 0 Å². The third-order valence-electron chi connectivity index (χ3n) is 3.46. The van der Waals surface area contributed by atoms with Gasteiger partial charge in [-0.05, 0) is 34.1 Å². The van der Waals surface area contributed by atoms with Crippen LogP contribution < -0.4 is 0 Å². The highest BCUT2D eigenvalue weighted by Gasteiger charge is 2.37. The molecule has 1 unspecified atom stereocenters. The molecule has 0 bridgehead atoms. The Kier molecular flexibility index (Phi) is 4.16. The van der Waals surface area contributed by atoms with Crippen LogP contribution in [0.3, 0.4) is 0 Å². The Morgan fingerprint density at radius 1 is 1.47 bits per heavy atom. The summed E-state index contributed by atoms with van der Waals surface area (Å²) in [5, 5.41) is 9.39. The van der Waals surface area contributed by atoms with E-state index in [9.17, 15) is 9.59 Å². The van der Waals surface area contributed by atoms with Crippen molar-refractivity contribution in [3.63, 3.8) is 0 Å². The third-order valence-corrected chi connectivity index (χ3v) is 4.69. The number of benzene rings is 1. The average Bonchev–Trinajstić information content (AvgIpc) is 2.30. The first-order valence-corrected chi connectivity index (χ1v) is 7.04. The lowest BCUT2D eigenvalue weighted by atomic mass is 9.86. The van der Waals surface area contributed by atoms with Crippen LogP contribution in [0.5, 0.6) is 0 Å². The number of carbonyl (C=O) groups is 2. The zero-order valence-corrected chi connectivity index (χ0v) is 12.6. The number of carbonyl (C=O) groups excluding carboxylic acids is 1. The van der Waals surface area contributed by atoms with Crippen LogP contribution >= 0.6 is 27.5 Å². The van der Waals surface area contributed by atoms with E-state index in [1.54, 1.807) is 30.0 Å². The number of hydrogen-bond acceptors (Lipinski definition) is 2. The number of amides is 1. The SMILES string of the molecule is CC(C(=O)O)C1CN(C(=O)c2ccc(Br)c(Cl)c2)C1. The molecule has 4 nitrogen and oxygen atoms in total. The Bertz CT molecular complexity index is 529. The van der Waals surface area contributed by atoms with Gasteiger partial charge in [-0.2, -0.15) is 0 Å². The van der Waals surface area contributed by atoms with E-state index < -0.39 is 11.9 Å². The summed E-state index contributed by atoms with van der Waals surface area (Å²) in [6.07, 6.45) is 0. The second-order valence-electron chi connectivity index (χ2n) is 4.73. The minimum absolute atomic E-state index is 0.0346. The quantitative estimate of drug-likeness (QED) is 0.915. The average molecular weight is 347 g/mol. The molecule has 1 saturated heterocycles. The van der Waals surface area contributed by atoms with Gasteiger partial charge in [0, 0.05) is 29.0 Å². The highest BCUT2D eigenvalue weighted by Crippen LogP contribution is 2.28. The maximum absolute atomic E-state index is 12.1. The monoisotopic (exact) mass is 345 g/mol. The van der Waals surface area contributed by atoms with Crippen molar-refractivity contribution in [2.75, 3.05) is 13.1 Å². The highest BCUT2D eigenvalue weighted by molar-refractivity contribution is 9.10. The maximum atomic E-state index is 12.1. The Morgan fingerprint density at radius 3 is 2.63 bits per heavy atom. The minimum atomic E-state index is -0.816. The van der Waals surface area contributed by atoms with E-state index in [2.05, 4.69) is 15.9 Å². The lowest BCUT2D eigenvalue weighted by molar-refractivity contribution is -0.144. The van der Waals surface area contributed by atoms with Crippen molar-refractivity contribution in [2.45, 2.75) is 6.92 Å². The fraction of sp³-hybridized carbons (Fsp3) is 0.385. The fourth-order valence-corrected chi connectivity index (χ4v) is 2.44. The molecule has 0 saturated carbocycles. The molecule has 19 heavy (non-hydrogen) atoms. The molecule has 0 aliphatic carbocycles. The summed E-state index contributed by atoms with van der Waals surface area (Å²) in [5.74, 6) is -1.31. The first kappa shape index (κ1) is 14.3. The van der Waals surface area contributed by atoms with Gasteiger partial charge in [0.1, 0.15) is 0 Å². The molecule has 102 valence electrons. The molecule has 0 radical (unpaired) electrons. The van der Waals surface area contributed by atoms with Crippen LogP contribution in [0.1, 0.15) is 17.3 Å². The van der Waals surface area contributed by atoms with Gasteiger partial charge in [-0.15, -0.1) is 0 Å². The zero-order valence-electron chi connectivity index (χ0n) is 10.3. The number of hydrogen-bond donors (Lipinski definition) is 1. The van der Waals surface area contributed by atoms with Crippen molar-refractivity contribution in [3.8, 4) is 0 Å². The molecule has 2 rings (SSSR count). The number of aliphatic carboxylic acids is 1. The minimum Gasteiger partial charge on any atom is -0.481 e. The number of nitrogens with zero attached hydrogens (tertiary/aromatic N) is 1. The summed E-state index contributed by atoms with van der Waals surface area (Å²) in [7, 11) is 0. The van der Waals surface area contributed by atoms with E-state index >= 15 is 0 Å². The summed E-state index contributed by atoms with van der Waals surface area (Å²) in [5.41, 5.74) is 0.523. The van der Waals surface area contributed by atoms with Gasteiger partial charge >= 0.3 is 5.97 Å². The predicted octanol–water partition coefficient (Wildman–Crippen LogP) is 2.90. The smallest absolute Gasteiger partial charge is 0.306 e. The van der Waals surface area contributed by atoms with E-state index in [0.717, 1.165) is 4.47 Å². The molecule has 1 atom stereocenters. The van der Waals surface area contributed by atoms with Crippen LogP contribution in [-0.2, 0) is 4.79 Å². The molecule has 6 heteroatoms. The molecular weight excluding hydrogens is 334 g/mol. The van der Waals surface area contributed by atoms with Gasteiger partial charge in [-0.1, -0.05) is 18.5 Å². The number of likely N-dealkylation sites (tertiary alicyclic amines) is 1. The normalized spacial score (nSPS) is 16.9. The lowest BCUT2D eigenvalue weighted by Crippen LogP contribution is -2.53. The number of halogens is 2. The van der Waals surface area contributed by atoms with Gasteiger partial charge in [-0.3, -0.25) is 9.59 Å². The molecule has 1 aliphatic heterocycles. The van der Waals surface area contributed by atoms with Crippen LogP contribution in [0.4, 0.5) is 0 Å². The van der Waals surface area contributed by atoms with E-state index in [4.69, 9.17) is 16.7 Å². The molecule has 1 N–H and O–H groups in total. The predicted molar refractivity (Wildman–Crippen MR) is 75.3 cm³/mol. The fourth-order valence-electron chi connectivity index (χ4n) is 2.01. The molecule has 0 aromatic heterocycles. The maximum Gasteiger partial charge on any atom is 0.306 e. The molecule has 1 aliphatic rings.